The normalized spacial score (nSPS) is 39.6. The zero-order valence-corrected chi connectivity index (χ0v) is 8.46. The maximum absolute atomic E-state index is 11.9. The molecule has 1 heterocycles. The minimum absolute atomic E-state index is 0.123. The number of fused-ring (bicyclic) bond motifs is 5. The first-order chi connectivity index (χ1) is 7.59. The first-order valence-corrected chi connectivity index (χ1v) is 5.33. The number of imide groups is 1. The average Bonchev–Trinajstić information content (AvgIpc) is 2.87. The van der Waals surface area contributed by atoms with E-state index in [1.54, 1.807) is 0 Å². The molecule has 0 aromatic rings. The summed E-state index contributed by atoms with van der Waals surface area (Å²) in [5.74, 6) is -2.45. The molecule has 0 aromatic carbocycles. The van der Waals surface area contributed by atoms with Crippen molar-refractivity contribution in [3.63, 3.8) is 0 Å². The van der Waals surface area contributed by atoms with Gasteiger partial charge in [0.05, 0.1) is 24.3 Å². The summed E-state index contributed by atoms with van der Waals surface area (Å²) in [7, 11) is 0. The van der Waals surface area contributed by atoms with Gasteiger partial charge >= 0.3 is 0 Å². The Morgan fingerprint density at radius 2 is 1.75 bits per heavy atom. The van der Waals surface area contributed by atoms with E-state index in [0.717, 1.165) is 11.3 Å². The number of carbonyl (C=O) groups is 3. The number of amides is 2. The predicted octanol–water partition coefficient (Wildman–Crippen LogP) is -1.46. The molecular weight excluding hydrogens is 210 g/mol. The van der Waals surface area contributed by atoms with Gasteiger partial charge in [0, 0.05) is 0 Å². The first kappa shape index (κ1) is 9.57. The van der Waals surface area contributed by atoms with Crippen molar-refractivity contribution in [2.45, 2.75) is 6.42 Å². The summed E-state index contributed by atoms with van der Waals surface area (Å²) in [5.41, 5.74) is 0. The van der Waals surface area contributed by atoms with E-state index in [1.807, 2.05) is 12.2 Å². The quantitative estimate of drug-likeness (QED) is 0.421. The third-order valence-electron chi connectivity index (χ3n) is 3.85. The number of hydrogen-bond donors (Lipinski definition) is 0. The molecule has 0 unspecified atom stereocenters. The lowest BCUT2D eigenvalue weighted by atomic mass is 9.85. The fourth-order valence-corrected chi connectivity index (χ4v) is 3.25. The van der Waals surface area contributed by atoms with Crippen LogP contribution in [0.5, 0.6) is 0 Å². The molecular formula is C11H10NO4-. The van der Waals surface area contributed by atoms with Crippen molar-refractivity contribution in [1.82, 2.24) is 4.90 Å². The van der Waals surface area contributed by atoms with Crippen molar-refractivity contribution in [1.29, 1.82) is 0 Å². The molecule has 16 heavy (non-hydrogen) atoms. The lowest BCUT2D eigenvalue weighted by molar-refractivity contribution is -0.305. The summed E-state index contributed by atoms with van der Waals surface area (Å²) in [6.45, 7) is -0.607. The van der Waals surface area contributed by atoms with Gasteiger partial charge in [-0.05, 0) is 18.3 Å². The van der Waals surface area contributed by atoms with Gasteiger partial charge < -0.3 is 9.90 Å². The van der Waals surface area contributed by atoms with E-state index in [0.29, 0.717) is 0 Å². The van der Waals surface area contributed by atoms with Crippen molar-refractivity contribution in [3.05, 3.63) is 12.2 Å². The lowest BCUT2D eigenvalue weighted by Gasteiger charge is -2.17. The third-order valence-corrected chi connectivity index (χ3v) is 3.85. The standard InChI is InChI=1S/C11H11NO4/c13-7(14)4-12-10(15)8-5-1-2-6(3-5)9(8)11(12)16/h1-2,5-6,8-9H,3-4H2,(H,13,14)/p-1/t5-,6-,8+,9+/m0/s1. The van der Waals surface area contributed by atoms with Gasteiger partial charge in [-0.15, -0.1) is 0 Å². The van der Waals surface area contributed by atoms with Crippen LogP contribution in [0, 0.1) is 23.7 Å². The summed E-state index contributed by atoms with van der Waals surface area (Å²) in [5, 5.41) is 10.5. The summed E-state index contributed by atoms with van der Waals surface area (Å²) >= 11 is 0. The highest BCUT2D eigenvalue weighted by Crippen LogP contribution is 2.52. The zero-order valence-electron chi connectivity index (χ0n) is 8.46. The summed E-state index contributed by atoms with van der Waals surface area (Å²) < 4.78 is 0. The fourth-order valence-electron chi connectivity index (χ4n) is 3.25. The Morgan fingerprint density at radius 3 is 2.19 bits per heavy atom. The van der Waals surface area contributed by atoms with Crippen LogP contribution >= 0.6 is 0 Å². The van der Waals surface area contributed by atoms with Crippen LogP contribution in [0.1, 0.15) is 6.42 Å². The van der Waals surface area contributed by atoms with Crippen LogP contribution in [0.4, 0.5) is 0 Å². The Labute approximate surface area is 91.7 Å². The molecule has 0 N–H and O–H groups in total. The van der Waals surface area contributed by atoms with Gasteiger partial charge in [0.2, 0.25) is 11.8 Å². The van der Waals surface area contributed by atoms with E-state index in [2.05, 4.69) is 0 Å². The molecule has 5 heteroatoms. The number of hydrogen-bond acceptors (Lipinski definition) is 4. The Bertz CT molecular complexity index is 398. The van der Waals surface area contributed by atoms with E-state index < -0.39 is 12.5 Å². The minimum Gasteiger partial charge on any atom is -0.548 e. The average molecular weight is 220 g/mol. The summed E-state index contributed by atoms with van der Waals surface area (Å²) in [6.07, 6.45) is 4.80. The van der Waals surface area contributed by atoms with E-state index in [9.17, 15) is 19.5 Å². The molecule has 2 amide bonds. The fraction of sp³-hybridized carbons (Fsp3) is 0.545. The van der Waals surface area contributed by atoms with Crippen molar-refractivity contribution in [2.24, 2.45) is 23.7 Å². The molecule has 84 valence electrons. The van der Waals surface area contributed by atoms with Crippen LogP contribution in [0.2, 0.25) is 0 Å². The molecule has 4 atom stereocenters. The maximum atomic E-state index is 11.9. The molecule has 3 aliphatic rings. The second-order valence-corrected chi connectivity index (χ2v) is 4.63. The maximum Gasteiger partial charge on any atom is 0.234 e. The van der Waals surface area contributed by atoms with Gasteiger partial charge in [0.1, 0.15) is 0 Å². The zero-order chi connectivity index (χ0) is 11.4. The highest BCUT2D eigenvalue weighted by atomic mass is 16.4. The van der Waals surface area contributed by atoms with Gasteiger partial charge in [-0.25, -0.2) is 0 Å². The molecule has 1 aliphatic heterocycles. The van der Waals surface area contributed by atoms with Crippen LogP contribution < -0.4 is 5.11 Å². The molecule has 5 nitrogen and oxygen atoms in total. The van der Waals surface area contributed by atoms with Crippen molar-refractivity contribution >= 4 is 17.8 Å². The highest BCUT2D eigenvalue weighted by molar-refractivity contribution is 6.07. The molecule has 0 aromatic heterocycles. The van der Waals surface area contributed by atoms with E-state index in [-0.39, 0.29) is 35.5 Å². The number of aliphatic carboxylic acids is 1. The third kappa shape index (κ3) is 1.03. The van der Waals surface area contributed by atoms with Gasteiger partial charge in [-0.2, -0.15) is 0 Å². The number of carboxylic acid groups (broad SMARTS) is 1. The monoisotopic (exact) mass is 220 g/mol. The van der Waals surface area contributed by atoms with Crippen LogP contribution in [-0.4, -0.2) is 29.2 Å². The number of rotatable bonds is 2. The molecule has 1 saturated carbocycles. The van der Waals surface area contributed by atoms with Gasteiger partial charge in [-0.3, -0.25) is 14.5 Å². The van der Waals surface area contributed by atoms with Crippen molar-refractivity contribution in [3.8, 4) is 0 Å². The molecule has 2 fully saturated rings. The van der Waals surface area contributed by atoms with Gasteiger partial charge in [0.25, 0.3) is 0 Å². The number of likely N-dealkylation sites (tertiary alicyclic amines) is 1. The van der Waals surface area contributed by atoms with Gasteiger partial charge in [0.15, 0.2) is 0 Å². The highest BCUT2D eigenvalue weighted by Gasteiger charge is 2.59. The van der Waals surface area contributed by atoms with Crippen molar-refractivity contribution < 1.29 is 19.5 Å². The number of allylic oxidation sites excluding steroid dienone is 2. The SMILES string of the molecule is O=C([O-])CN1C(=O)[C@H]2[C@H](C1=O)[C@H]1C=C[C@H]2C1. The summed E-state index contributed by atoms with van der Waals surface area (Å²) in [6, 6.07) is 0. The molecule has 1 saturated heterocycles. The molecule has 2 aliphatic carbocycles. The second-order valence-electron chi connectivity index (χ2n) is 4.63. The first-order valence-electron chi connectivity index (χ1n) is 5.33. The molecule has 3 rings (SSSR count). The van der Waals surface area contributed by atoms with Crippen LogP contribution in [0.15, 0.2) is 12.2 Å². The van der Waals surface area contributed by atoms with Crippen molar-refractivity contribution in [2.75, 3.05) is 6.54 Å². The van der Waals surface area contributed by atoms with Gasteiger partial charge in [-0.1, -0.05) is 12.2 Å². The lowest BCUT2D eigenvalue weighted by Crippen LogP contribution is -2.42. The Kier molecular flexibility index (Phi) is 1.75. The predicted molar refractivity (Wildman–Crippen MR) is 49.4 cm³/mol. The molecule has 0 spiro atoms. The largest absolute Gasteiger partial charge is 0.548 e. The van der Waals surface area contributed by atoms with E-state index in [4.69, 9.17) is 0 Å². The Balaban J connectivity index is 1.91. The Hall–Kier alpha value is -1.65. The van der Waals surface area contributed by atoms with E-state index in [1.165, 1.54) is 0 Å². The summed E-state index contributed by atoms with van der Waals surface area (Å²) in [4.78, 5) is 35.1. The Morgan fingerprint density at radius 1 is 1.25 bits per heavy atom. The smallest absolute Gasteiger partial charge is 0.234 e. The minimum atomic E-state index is -1.39. The second kappa shape index (κ2) is 2.93. The topological polar surface area (TPSA) is 77.5 Å². The van der Waals surface area contributed by atoms with Crippen LogP contribution in [0.25, 0.3) is 0 Å². The van der Waals surface area contributed by atoms with Crippen LogP contribution in [0.3, 0.4) is 0 Å². The van der Waals surface area contributed by atoms with Crippen LogP contribution in [-0.2, 0) is 14.4 Å². The van der Waals surface area contributed by atoms with E-state index >= 15 is 0 Å². The molecule has 0 radical (unpaired) electrons. The number of carboxylic acids is 1. The number of nitrogens with zero attached hydrogens (tertiary/aromatic N) is 1. The molecule has 2 bridgehead atoms. The number of carbonyl (C=O) groups excluding carboxylic acids is 3.